The van der Waals surface area contributed by atoms with Crippen LogP contribution in [0.2, 0.25) is 0 Å². The minimum absolute atomic E-state index is 0.759. The zero-order chi connectivity index (χ0) is 11.8. The fourth-order valence-electron chi connectivity index (χ4n) is 2.37. The quantitative estimate of drug-likeness (QED) is 0.825. The molecule has 0 aliphatic heterocycles. The molecule has 2 aromatic rings. The predicted octanol–water partition coefficient (Wildman–Crippen LogP) is 4.22. The summed E-state index contributed by atoms with van der Waals surface area (Å²) >= 11 is 3.66. The van der Waals surface area contributed by atoms with Crippen LogP contribution in [0.15, 0.2) is 17.0 Å². The molecular weight excluding hydrogens is 248 g/mol. The van der Waals surface area contributed by atoms with Crippen molar-refractivity contribution in [1.29, 1.82) is 0 Å². The highest BCUT2D eigenvalue weighted by Gasteiger charge is 2.18. The minimum atomic E-state index is 0.759. The Morgan fingerprint density at radius 1 is 1.35 bits per heavy atom. The van der Waals surface area contributed by atoms with Gasteiger partial charge in [-0.25, -0.2) is 4.98 Å². The van der Waals surface area contributed by atoms with Crippen LogP contribution < -0.4 is 5.73 Å². The van der Waals surface area contributed by atoms with Crippen LogP contribution in [0.5, 0.6) is 0 Å². The maximum absolute atomic E-state index is 6.13. The van der Waals surface area contributed by atoms with Gasteiger partial charge in [-0.1, -0.05) is 12.8 Å². The average Bonchev–Trinajstić information content (AvgIpc) is 2.87. The number of benzene rings is 1. The van der Waals surface area contributed by atoms with Gasteiger partial charge in [-0.3, -0.25) is 0 Å². The van der Waals surface area contributed by atoms with Gasteiger partial charge in [0.1, 0.15) is 0 Å². The Morgan fingerprint density at radius 2 is 2.12 bits per heavy atom. The number of thioether (sulfide) groups is 1. The molecule has 1 aliphatic rings. The van der Waals surface area contributed by atoms with E-state index in [0.717, 1.165) is 21.5 Å². The number of hydrogen-bond donors (Lipinski definition) is 1. The number of nitrogens with zero attached hydrogens (tertiary/aromatic N) is 1. The number of fused-ring (bicyclic) bond motifs is 1. The van der Waals surface area contributed by atoms with Crippen LogP contribution in [-0.4, -0.2) is 10.2 Å². The SMILES string of the molecule is Cc1nc2cc(SC3CCCC3)c(N)cc2s1. The van der Waals surface area contributed by atoms with Gasteiger partial charge in [0.05, 0.1) is 15.2 Å². The summed E-state index contributed by atoms with van der Waals surface area (Å²) < 4.78 is 1.20. The summed E-state index contributed by atoms with van der Waals surface area (Å²) in [5, 5.41) is 1.87. The molecule has 90 valence electrons. The first-order chi connectivity index (χ1) is 8.22. The third-order valence-corrected chi connectivity index (χ3v) is 5.57. The number of anilines is 1. The Bertz CT molecular complexity index is 542. The number of nitrogens with two attached hydrogens (primary N) is 1. The van der Waals surface area contributed by atoms with Crippen LogP contribution in [0.1, 0.15) is 30.7 Å². The smallest absolute Gasteiger partial charge is 0.0907 e. The second kappa shape index (κ2) is 4.50. The highest BCUT2D eigenvalue weighted by Crippen LogP contribution is 2.39. The van der Waals surface area contributed by atoms with Gasteiger partial charge in [-0.15, -0.1) is 23.1 Å². The number of nitrogen functional groups attached to an aromatic ring is 1. The van der Waals surface area contributed by atoms with Gasteiger partial charge in [-0.2, -0.15) is 0 Å². The van der Waals surface area contributed by atoms with Crippen molar-refractivity contribution in [2.45, 2.75) is 42.8 Å². The molecule has 0 amide bonds. The van der Waals surface area contributed by atoms with Gasteiger partial charge in [-0.05, 0) is 31.9 Å². The second-order valence-corrected chi connectivity index (χ2v) is 7.19. The van der Waals surface area contributed by atoms with E-state index in [1.54, 1.807) is 11.3 Å². The summed E-state index contributed by atoms with van der Waals surface area (Å²) in [7, 11) is 0. The molecule has 1 aromatic heterocycles. The zero-order valence-corrected chi connectivity index (χ0v) is 11.5. The van der Waals surface area contributed by atoms with Crippen molar-refractivity contribution in [3.63, 3.8) is 0 Å². The van der Waals surface area contributed by atoms with E-state index in [1.165, 1.54) is 35.3 Å². The molecular formula is C13H16N2S2. The van der Waals surface area contributed by atoms with Crippen LogP contribution in [0, 0.1) is 6.92 Å². The fraction of sp³-hybridized carbons (Fsp3) is 0.462. The van der Waals surface area contributed by atoms with Crippen LogP contribution in [0.25, 0.3) is 10.2 Å². The minimum Gasteiger partial charge on any atom is -0.398 e. The van der Waals surface area contributed by atoms with Crippen LogP contribution in [-0.2, 0) is 0 Å². The monoisotopic (exact) mass is 264 g/mol. The summed E-state index contributed by atoms with van der Waals surface area (Å²) in [4.78, 5) is 5.76. The van der Waals surface area contributed by atoms with Crippen LogP contribution >= 0.6 is 23.1 Å². The topological polar surface area (TPSA) is 38.9 Å². The molecule has 0 bridgehead atoms. The maximum atomic E-state index is 6.13. The molecule has 4 heteroatoms. The fourth-order valence-corrected chi connectivity index (χ4v) is 4.53. The Morgan fingerprint density at radius 3 is 2.88 bits per heavy atom. The molecule has 2 nitrogen and oxygen atoms in total. The number of rotatable bonds is 2. The molecule has 2 N–H and O–H groups in total. The molecule has 0 atom stereocenters. The standard InChI is InChI=1S/C13H16N2S2/c1-8-15-11-7-12(10(14)6-13(11)16-8)17-9-4-2-3-5-9/h6-7,9H,2-5,14H2,1H3. The first-order valence-electron chi connectivity index (χ1n) is 6.06. The Balaban J connectivity index is 1.94. The molecule has 1 aromatic carbocycles. The van der Waals surface area contributed by atoms with Crippen LogP contribution in [0.3, 0.4) is 0 Å². The van der Waals surface area contributed by atoms with E-state index >= 15 is 0 Å². The zero-order valence-electron chi connectivity index (χ0n) is 9.90. The third-order valence-electron chi connectivity index (χ3n) is 3.22. The molecule has 0 saturated heterocycles. The first-order valence-corrected chi connectivity index (χ1v) is 7.75. The van der Waals surface area contributed by atoms with Crippen molar-refractivity contribution in [1.82, 2.24) is 4.98 Å². The molecule has 1 aliphatic carbocycles. The van der Waals surface area contributed by atoms with Crippen molar-refractivity contribution in [2.75, 3.05) is 5.73 Å². The van der Waals surface area contributed by atoms with Gasteiger partial charge in [0, 0.05) is 15.8 Å². The summed E-state index contributed by atoms with van der Waals surface area (Å²) in [6.07, 6.45) is 5.40. The van der Waals surface area contributed by atoms with Crippen molar-refractivity contribution in [2.24, 2.45) is 0 Å². The summed E-state index contributed by atoms with van der Waals surface area (Å²) in [5.41, 5.74) is 8.15. The van der Waals surface area contributed by atoms with E-state index in [2.05, 4.69) is 17.1 Å². The molecule has 1 heterocycles. The molecule has 0 spiro atoms. The predicted molar refractivity (Wildman–Crippen MR) is 76.9 cm³/mol. The molecule has 3 rings (SSSR count). The van der Waals surface area contributed by atoms with Crippen LogP contribution in [0.4, 0.5) is 5.69 Å². The summed E-state index contributed by atoms with van der Waals surface area (Å²) in [5.74, 6) is 0. The van der Waals surface area contributed by atoms with Gasteiger partial charge in [0.15, 0.2) is 0 Å². The first kappa shape index (κ1) is 11.4. The van der Waals surface area contributed by atoms with E-state index in [1.807, 2.05) is 18.7 Å². The number of aromatic nitrogens is 1. The van der Waals surface area contributed by atoms with E-state index < -0.39 is 0 Å². The van der Waals surface area contributed by atoms with E-state index in [0.29, 0.717) is 0 Å². The van der Waals surface area contributed by atoms with Gasteiger partial charge in [0.25, 0.3) is 0 Å². The Kier molecular flexibility index (Phi) is 3.01. The van der Waals surface area contributed by atoms with E-state index in [-0.39, 0.29) is 0 Å². The van der Waals surface area contributed by atoms with Crippen molar-refractivity contribution >= 4 is 39.0 Å². The van der Waals surface area contributed by atoms with Gasteiger partial charge < -0.3 is 5.73 Å². The molecule has 1 saturated carbocycles. The average molecular weight is 264 g/mol. The lowest BCUT2D eigenvalue weighted by atomic mass is 10.3. The van der Waals surface area contributed by atoms with Gasteiger partial charge >= 0.3 is 0 Å². The molecule has 1 fully saturated rings. The van der Waals surface area contributed by atoms with Crippen molar-refractivity contribution < 1.29 is 0 Å². The lowest BCUT2D eigenvalue weighted by Crippen LogP contribution is -1.96. The van der Waals surface area contributed by atoms with Crippen molar-refractivity contribution in [3.8, 4) is 0 Å². The van der Waals surface area contributed by atoms with Gasteiger partial charge in [0.2, 0.25) is 0 Å². The van der Waals surface area contributed by atoms with E-state index in [9.17, 15) is 0 Å². The normalized spacial score (nSPS) is 17.0. The Labute approximate surface area is 110 Å². The second-order valence-electron chi connectivity index (χ2n) is 4.61. The third kappa shape index (κ3) is 2.29. The molecule has 0 radical (unpaired) electrons. The summed E-state index contributed by atoms with van der Waals surface area (Å²) in [6, 6.07) is 4.24. The largest absolute Gasteiger partial charge is 0.398 e. The number of thiazole rings is 1. The lowest BCUT2D eigenvalue weighted by molar-refractivity contribution is 0.886. The number of aryl methyl sites for hydroxylation is 1. The highest BCUT2D eigenvalue weighted by atomic mass is 32.2. The van der Waals surface area contributed by atoms with E-state index in [4.69, 9.17) is 5.73 Å². The molecule has 0 unspecified atom stereocenters. The molecule has 17 heavy (non-hydrogen) atoms. The Hall–Kier alpha value is -0.740. The number of hydrogen-bond acceptors (Lipinski definition) is 4. The summed E-state index contributed by atoms with van der Waals surface area (Å²) in [6.45, 7) is 2.05. The maximum Gasteiger partial charge on any atom is 0.0907 e. The highest BCUT2D eigenvalue weighted by molar-refractivity contribution is 8.00. The lowest BCUT2D eigenvalue weighted by Gasteiger charge is -2.10. The van der Waals surface area contributed by atoms with Crippen molar-refractivity contribution in [3.05, 3.63) is 17.1 Å².